The Hall–Kier alpha value is -5.26. The van der Waals surface area contributed by atoms with Crippen LogP contribution in [0.5, 0.6) is 11.5 Å². The van der Waals surface area contributed by atoms with Crippen LogP contribution >= 0.6 is 0 Å². The van der Waals surface area contributed by atoms with Crippen LogP contribution < -0.4 is 15.1 Å². The smallest absolute Gasteiger partial charge is 0.343 e. The molecule has 1 aliphatic rings. The van der Waals surface area contributed by atoms with Gasteiger partial charge in [0.1, 0.15) is 28.4 Å². The summed E-state index contributed by atoms with van der Waals surface area (Å²) in [5.41, 5.74) is -1.03. The molecule has 1 saturated heterocycles. The summed E-state index contributed by atoms with van der Waals surface area (Å²) in [7, 11) is 0. The molecule has 0 radical (unpaired) electrons. The molecule has 0 saturated carbocycles. The number of nitrogens with zero attached hydrogens (tertiary/aromatic N) is 4. The Morgan fingerprint density at radius 3 is 2.21 bits per heavy atom. The first-order valence-corrected chi connectivity index (χ1v) is 12.0. The van der Waals surface area contributed by atoms with Crippen LogP contribution in [-0.4, -0.2) is 24.2 Å². The lowest BCUT2D eigenvalue weighted by molar-refractivity contribution is 0.0731. The first-order chi connectivity index (χ1) is 18.9. The molecule has 0 spiro atoms. The maximum atomic E-state index is 13.5. The molecule has 3 aromatic carbocycles. The predicted molar refractivity (Wildman–Crippen MR) is 143 cm³/mol. The molecule has 1 N–H and O–H groups in total. The molecule has 0 atom stereocenters. The minimum absolute atomic E-state index is 0.0446. The van der Waals surface area contributed by atoms with Crippen molar-refractivity contribution in [3.63, 3.8) is 0 Å². The zero-order valence-corrected chi connectivity index (χ0v) is 20.3. The Balaban J connectivity index is 1.61. The summed E-state index contributed by atoms with van der Waals surface area (Å²) in [6.45, 7) is 1.84. The summed E-state index contributed by atoms with van der Waals surface area (Å²) in [6.07, 6.45) is 3.35. The fourth-order valence-corrected chi connectivity index (χ4v) is 4.55. The lowest BCUT2D eigenvalue weighted by Gasteiger charge is -2.28. The van der Waals surface area contributed by atoms with Crippen LogP contribution in [0.25, 0.3) is 22.3 Å². The maximum Gasteiger partial charge on any atom is 0.343 e. The van der Waals surface area contributed by atoms with Gasteiger partial charge in [0.25, 0.3) is 0 Å². The highest BCUT2D eigenvalue weighted by Crippen LogP contribution is 2.39. The third-order valence-electron chi connectivity index (χ3n) is 6.47. The van der Waals surface area contributed by atoms with Gasteiger partial charge in [-0.3, -0.25) is 4.79 Å². The molecular formula is C27H20N4O8. The number of nitroso groups, excluding NO2 is 3. The molecule has 2 heterocycles. The SMILES string of the molecule is O=Nc1ccc(-c2oc3cc(O)cc(N=O)c3c(=O)c2OC(=O)c2ccc(N3CCCCC3)cc2)cc1N=O. The Morgan fingerprint density at radius 1 is 0.846 bits per heavy atom. The highest BCUT2D eigenvalue weighted by Gasteiger charge is 2.25. The average molecular weight is 528 g/mol. The van der Waals surface area contributed by atoms with E-state index in [0.29, 0.717) is 0 Å². The van der Waals surface area contributed by atoms with Gasteiger partial charge in [-0.25, -0.2) is 4.79 Å². The van der Waals surface area contributed by atoms with Crippen molar-refractivity contribution < 1.29 is 19.1 Å². The number of rotatable bonds is 7. The predicted octanol–water partition coefficient (Wildman–Crippen LogP) is 6.57. The number of hydrogen-bond donors (Lipinski definition) is 1. The number of phenolic OH excluding ortho intramolecular Hbond substituents is 1. The third kappa shape index (κ3) is 4.87. The van der Waals surface area contributed by atoms with Gasteiger partial charge >= 0.3 is 5.97 Å². The Bertz CT molecular complexity index is 1670. The van der Waals surface area contributed by atoms with Crippen molar-refractivity contribution >= 4 is 39.7 Å². The number of esters is 1. The number of benzene rings is 3. The molecule has 1 aromatic heterocycles. The highest BCUT2D eigenvalue weighted by atomic mass is 16.5. The number of carbonyl (C=O) groups excluding carboxylic acids is 1. The van der Waals surface area contributed by atoms with Gasteiger partial charge < -0.3 is 19.2 Å². The van der Waals surface area contributed by atoms with Gasteiger partial charge in [0.2, 0.25) is 11.2 Å². The van der Waals surface area contributed by atoms with Crippen LogP contribution in [0.1, 0.15) is 29.6 Å². The van der Waals surface area contributed by atoms with Crippen LogP contribution in [0.3, 0.4) is 0 Å². The van der Waals surface area contributed by atoms with Crippen LogP contribution in [0.4, 0.5) is 22.7 Å². The van der Waals surface area contributed by atoms with E-state index in [1.807, 2.05) is 0 Å². The highest BCUT2D eigenvalue weighted by molar-refractivity contribution is 5.96. The Labute approximate surface area is 219 Å². The fourth-order valence-electron chi connectivity index (χ4n) is 4.55. The summed E-state index contributed by atoms with van der Waals surface area (Å²) in [5.74, 6) is -2.18. The van der Waals surface area contributed by atoms with Gasteiger partial charge in [-0.2, -0.15) is 0 Å². The van der Waals surface area contributed by atoms with Gasteiger partial charge in [-0.1, -0.05) is 0 Å². The van der Waals surface area contributed by atoms with Crippen molar-refractivity contribution in [3.8, 4) is 22.8 Å². The van der Waals surface area contributed by atoms with E-state index in [4.69, 9.17) is 9.15 Å². The van der Waals surface area contributed by atoms with Gasteiger partial charge in [-0.15, -0.1) is 14.7 Å². The lowest BCUT2D eigenvalue weighted by atomic mass is 10.1. The fraction of sp³-hybridized carbons (Fsp3) is 0.185. The van der Waals surface area contributed by atoms with E-state index < -0.39 is 28.6 Å². The normalized spacial score (nSPS) is 13.2. The minimum Gasteiger partial charge on any atom is -0.508 e. The second-order valence-electron chi connectivity index (χ2n) is 8.89. The van der Waals surface area contributed by atoms with Crippen molar-refractivity contribution in [2.75, 3.05) is 18.0 Å². The lowest BCUT2D eigenvalue weighted by Crippen LogP contribution is -2.29. The molecule has 4 aromatic rings. The number of carbonyl (C=O) groups is 1. The average Bonchev–Trinajstić information content (AvgIpc) is 2.97. The zero-order chi connectivity index (χ0) is 27.5. The third-order valence-corrected chi connectivity index (χ3v) is 6.47. The first-order valence-electron chi connectivity index (χ1n) is 12.0. The molecule has 1 aliphatic heterocycles. The van der Waals surface area contributed by atoms with Gasteiger partial charge in [-0.05, 0) is 77.3 Å². The number of fused-ring (bicyclic) bond motifs is 1. The molecule has 0 amide bonds. The summed E-state index contributed by atoms with van der Waals surface area (Å²) >= 11 is 0. The molecule has 0 aliphatic carbocycles. The van der Waals surface area contributed by atoms with Gasteiger partial charge in [0.05, 0.1) is 10.9 Å². The molecule has 0 bridgehead atoms. The summed E-state index contributed by atoms with van der Waals surface area (Å²) < 4.78 is 11.3. The van der Waals surface area contributed by atoms with Gasteiger partial charge in [0.15, 0.2) is 5.76 Å². The number of anilines is 1. The number of aromatic hydroxyl groups is 1. The van der Waals surface area contributed by atoms with E-state index in [2.05, 4.69) is 20.4 Å². The largest absolute Gasteiger partial charge is 0.508 e. The zero-order valence-electron chi connectivity index (χ0n) is 20.3. The van der Waals surface area contributed by atoms with Crippen molar-refractivity contribution in [3.05, 3.63) is 85.1 Å². The van der Waals surface area contributed by atoms with Gasteiger partial charge in [0, 0.05) is 36.5 Å². The summed E-state index contributed by atoms with van der Waals surface area (Å²) in [4.78, 5) is 62.6. The van der Waals surface area contributed by atoms with Crippen molar-refractivity contribution in [1.82, 2.24) is 0 Å². The molecule has 1 fully saturated rings. The van der Waals surface area contributed by atoms with E-state index in [1.54, 1.807) is 24.3 Å². The van der Waals surface area contributed by atoms with E-state index >= 15 is 0 Å². The maximum absolute atomic E-state index is 13.5. The van der Waals surface area contributed by atoms with Crippen molar-refractivity contribution in [1.29, 1.82) is 0 Å². The first kappa shape index (κ1) is 25.4. The molecule has 39 heavy (non-hydrogen) atoms. The second-order valence-corrected chi connectivity index (χ2v) is 8.89. The van der Waals surface area contributed by atoms with E-state index in [1.165, 1.54) is 18.6 Å². The minimum atomic E-state index is -0.919. The van der Waals surface area contributed by atoms with Crippen LogP contribution in [0.2, 0.25) is 0 Å². The number of phenols is 1. The van der Waals surface area contributed by atoms with Crippen molar-refractivity contribution in [2.24, 2.45) is 15.5 Å². The van der Waals surface area contributed by atoms with E-state index in [9.17, 15) is 29.4 Å². The quantitative estimate of drug-likeness (QED) is 0.206. The molecular weight excluding hydrogens is 508 g/mol. The number of piperidine rings is 1. The second kappa shape index (κ2) is 10.6. The molecule has 5 rings (SSSR count). The topological polar surface area (TPSA) is 168 Å². The summed E-state index contributed by atoms with van der Waals surface area (Å²) in [5, 5.41) is 17.9. The van der Waals surface area contributed by atoms with E-state index in [-0.39, 0.29) is 39.2 Å². The van der Waals surface area contributed by atoms with Crippen LogP contribution in [0, 0.1) is 14.7 Å². The molecule has 0 unspecified atom stereocenters. The summed E-state index contributed by atoms with van der Waals surface area (Å²) in [6, 6.07) is 12.4. The van der Waals surface area contributed by atoms with E-state index in [0.717, 1.165) is 49.8 Å². The van der Waals surface area contributed by atoms with Crippen LogP contribution in [0.15, 0.2) is 79.3 Å². The Kier molecular flexibility index (Phi) is 6.91. The monoisotopic (exact) mass is 528 g/mol. The molecule has 196 valence electrons. The standard InChI is InChI=1S/C27H20N4O8/c32-18-13-21(30-37)23-22(14-18)38-25(16-6-9-19(28-35)20(12-16)29-36)26(24(23)33)39-27(34)15-4-7-17(8-5-15)31-10-2-1-3-11-31/h4-9,12-14,32H,1-3,10-11H2. The molecule has 12 nitrogen and oxygen atoms in total. The van der Waals surface area contributed by atoms with Crippen LogP contribution in [-0.2, 0) is 0 Å². The van der Waals surface area contributed by atoms with Crippen molar-refractivity contribution in [2.45, 2.75) is 19.3 Å². The number of ether oxygens (including phenoxy) is 1. The molecule has 12 heteroatoms. The Morgan fingerprint density at radius 2 is 1.54 bits per heavy atom. The number of hydrogen-bond acceptors (Lipinski definition) is 12.